The molecule has 1 atom stereocenters. The van der Waals surface area contributed by atoms with Crippen LogP contribution in [0.4, 0.5) is 0 Å². The van der Waals surface area contributed by atoms with E-state index in [0.717, 1.165) is 0 Å². The summed E-state index contributed by atoms with van der Waals surface area (Å²) >= 11 is 5.20. The summed E-state index contributed by atoms with van der Waals surface area (Å²) in [6, 6.07) is 7.11. The highest BCUT2D eigenvalue weighted by atomic mass is 32.5. The average Bonchev–Trinajstić information content (AvgIpc) is 2.36. The van der Waals surface area contributed by atoms with E-state index < -0.39 is 18.2 Å². The highest BCUT2D eigenvalue weighted by Gasteiger charge is 2.32. The average molecular weight is 345 g/mol. The molecular weight excluding hydrogens is 321 g/mol. The van der Waals surface area contributed by atoms with Crippen molar-refractivity contribution in [3.8, 4) is 0 Å². The predicted molar refractivity (Wildman–Crippen MR) is 91.2 cm³/mol. The van der Waals surface area contributed by atoms with Crippen molar-refractivity contribution in [2.45, 2.75) is 46.3 Å². The highest BCUT2D eigenvalue weighted by molar-refractivity contribution is 8.08. The first-order chi connectivity index (χ1) is 10.1. The Hall–Kier alpha value is -0.780. The fourth-order valence-corrected chi connectivity index (χ4v) is 4.06. The van der Waals surface area contributed by atoms with Gasteiger partial charge in [0.1, 0.15) is 0 Å². The molecular formula is C15H24NO4PS. The summed E-state index contributed by atoms with van der Waals surface area (Å²) in [7, 11) is 0. The third-order valence-corrected chi connectivity index (χ3v) is 4.67. The molecule has 2 N–H and O–H groups in total. The summed E-state index contributed by atoms with van der Waals surface area (Å²) in [6.07, 6.45) is -0.201. The van der Waals surface area contributed by atoms with Gasteiger partial charge in [0.05, 0.1) is 23.9 Å². The first-order valence-corrected chi connectivity index (χ1v) is 9.84. The van der Waals surface area contributed by atoms with E-state index in [0.29, 0.717) is 17.7 Å². The van der Waals surface area contributed by atoms with Crippen LogP contribution in [-0.2, 0) is 31.2 Å². The van der Waals surface area contributed by atoms with Gasteiger partial charge in [0.2, 0.25) is 0 Å². The number of ether oxygens (including phenoxy) is 1. The Morgan fingerprint density at radius 3 is 2.50 bits per heavy atom. The summed E-state index contributed by atoms with van der Waals surface area (Å²) in [5, 5.41) is 0. The second kappa shape index (κ2) is 7.66. The van der Waals surface area contributed by atoms with Gasteiger partial charge in [-0.3, -0.25) is 5.50 Å². The van der Waals surface area contributed by atoms with E-state index in [1.165, 1.54) is 0 Å². The fourth-order valence-electron chi connectivity index (χ4n) is 2.04. The van der Waals surface area contributed by atoms with Crippen LogP contribution in [-0.4, -0.2) is 18.7 Å². The minimum atomic E-state index is -2.88. The van der Waals surface area contributed by atoms with Crippen molar-refractivity contribution in [1.29, 1.82) is 0 Å². The van der Waals surface area contributed by atoms with Crippen molar-refractivity contribution in [1.82, 2.24) is 0 Å². The standard InChI is InChI=1S/C15H24NO4PS/c1-6-18-21(16,22)20-15(4,5)13-10-8-7-9-12(13)14(17)19-11(2)3/h7-11H,6H2,1-5H3,(H2,16,22). The summed E-state index contributed by atoms with van der Waals surface area (Å²) in [5.41, 5.74) is 6.16. The predicted octanol–water partition coefficient (Wildman–Crippen LogP) is 3.72. The SMILES string of the molecule is CCOP(N)(=S)OC(C)(C)c1ccccc1C(=O)OC(C)C. The molecule has 0 saturated carbocycles. The van der Waals surface area contributed by atoms with Crippen molar-refractivity contribution in [3.05, 3.63) is 35.4 Å². The molecule has 0 aliphatic carbocycles. The van der Waals surface area contributed by atoms with Crippen LogP contribution in [0.15, 0.2) is 24.3 Å². The largest absolute Gasteiger partial charge is 0.459 e. The zero-order chi connectivity index (χ0) is 17.0. The van der Waals surface area contributed by atoms with Crippen LogP contribution >= 0.6 is 6.64 Å². The molecule has 1 aromatic rings. The maximum Gasteiger partial charge on any atom is 0.338 e. The van der Waals surface area contributed by atoms with Crippen molar-refractivity contribution in [2.75, 3.05) is 6.61 Å². The monoisotopic (exact) mass is 345 g/mol. The van der Waals surface area contributed by atoms with Crippen LogP contribution in [0.1, 0.15) is 50.5 Å². The molecule has 0 heterocycles. The lowest BCUT2D eigenvalue weighted by atomic mass is 9.93. The molecule has 0 bridgehead atoms. The van der Waals surface area contributed by atoms with Crippen LogP contribution in [0.5, 0.6) is 0 Å². The molecule has 5 nitrogen and oxygen atoms in total. The second-order valence-corrected chi connectivity index (χ2v) is 8.61. The number of rotatable bonds is 7. The third-order valence-electron chi connectivity index (χ3n) is 2.80. The highest BCUT2D eigenvalue weighted by Crippen LogP contribution is 2.47. The van der Waals surface area contributed by atoms with Crippen molar-refractivity contribution in [2.24, 2.45) is 5.50 Å². The molecule has 0 spiro atoms. The van der Waals surface area contributed by atoms with Gasteiger partial charge < -0.3 is 13.8 Å². The van der Waals surface area contributed by atoms with Crippen LogP contribution in [0.25, 0.3) is 0 Å². The number of hydrogen-bond donors (Lipinski definition) is 1. The van der Waals surface area contributed by atoms with Crippen LogP contribution < -0.4 is 5.50 Å². The molecule has 0 saturated heterocycles. The zero-order valence-electron chi connectivity index (χ0n) is 13.7. The lowest BCUT2D eigenvalue weighted by molar-refractivity contribution is 0.0360. The van der Waals surface area contributed by atoms with Crippen molar-refractivity contribution >= 4 is 24.4 Å². The van der Waals surface area contributed by atoms with Crippen LogP contribution in [0.3, 0.4) is 0 Å². The molecule has 0 aliphatic heterocycles. The molecule has 124 valence electrons. The van der Waals surface area contributed by atoms with Gasteiger partial charge in [-0.2, -0.15) is 0 Å². The van der Waals surface area contributed by atoms with Crippen LogP contribution in [0.2, 0.25) is 0 Å². The molecule has 0 amide bonds. The van der Waals surface area contributed by atoms with Crippen molar-refractivity contribution < 1.29 is 18.6 Å². The number of nitrogens with two attached hydrogens (primary N) is 1. The molecule has 0 radical (unpaired) electrons. The van der Waals surface area contributed by atoms with E-state index in [1.807, 2.05) is 6.07 Å². The molecule has 1 rings (SSSR count). The number of carbonyl (C=O) groups excluding carboxylic acids is 1. The van der Waals surface area contributed by atoms with Gasteiger partial charge in [-0.15, -0.1) is 0 Å². The molecule has 1 aromatic carbocycles. The maximum atomic E-state index is 12.3. The molecule has 1 unspecified atom stereocenters. The first-order valence-electron chi connectivity index (χ1n) is 7.13. The number of carbonyl (C=O) groups is 1. The fraction of sp³-hybridized carbons (Fsp3) is 0.533. The van der Waals surface area contributed by atoms with Gasteiger partial charge in [0, 0.05) is 0 Å². The van der Waals surface area contributed by atoms with Gasteiger partial charge in [-0.05, 0) is 58.1 Å². The van der Waals surface area contributed by atoms with E-state index in [1.54, 1.807) is 52.8 Å². The van der Waals surface area contributed by atoms with Crippen LogP contribution in [0, 0.1) is 0 Å². The van der Waals surface area contributed by atoms with Gasteiger partial charge in [-0.25, -0.2) is 4.79 Å². The van der Waals surface area contributed by atoms with E-state index in [9.17, 15) is 4.79 Å². The quantitative estimate of drug-likeness (QED) is 0.600. The Balaban J connectivity index is 3.14. The Labute approximate surface area is 137 Å². The second-order valence-electron chi connectivity index (χ2n) is 5.56. The Morgan fingerprint density at radius 2 is 1.95 bits per heavy atom. The molecule has 0 aromatic heterocycles. The van der Waals surface area contributed by atoms with E-state index in [4.69, 9.17) is 31.1 Å². The van der Waals surface area contributed by atoms with E-state index in [-0.39, 0.29) is 6.10 Å². The van der Waals surface area contributed by atoms with Gasteiger partial charge in [0.15, 0.2) is 0 Å². The Morgan fingerprint density at radius 1 is 1.36 bits per heavy atom. The van der Waals surface area contributed by atoms with E-state index in [2.05, 4.69) is 0 Å². The van der Waals surface area contributed by atoms with Crippen molar-refractivity contribution in [3.63, 3.8) is 0 Å². The zero-order valence-corrected chi connectivity index (χ0v) is 15.4. The number of hydrogen-bond acceptors (Lipinski definition) is 5. The molecule has 0 aliphatic rings. The Bertz CT molecular complexity index is 574. The normalized spacial score (nSPS) is 14.7. The molecule has 7 heteroatoms. The van der Waals surface area contributed by atoms with E-state index >= 15 is 0 Å². The minimum Gasteiger partial charge on any atom is -0.459 e. The van der Waals surface area contributed by atoms with Gasteiger partial charge in [-0.1, -0.05) is 18.2 Å². The number of benzene rings is 1. The summed E-state index contributed by atoms with van der Waals surface area (Å²) < 4.78 is 16.4. The molecule has 0 fully saturated rings. The summed E-state index contributed by atoms with van der Waals surface area (Å²) in [5.74, 6) is -0.399. The molecule has 22 heavy (non-hydrogen) atoms. The topological polar surface area (TPSA) is 70.8 Å². The summed E-state index contributed by atoms with van der Waals surface area (Å²) in [4.78, 5) is 12.3. The number of esters is 1. The van der Waals surface area contributed by atoms with Gasteiger partial charge >= 0.3 is 5.97 Å². The lowest BCUT2D eigenvalue weighted by Crippen LogP contribution is -2.26. The summed E-state index contributed by atoms with van der Waals surface area (Å²) in [6.45, 7) is 6.52. The first kappa shape index (κ1) is 19.3. The smallest absolute Gasteiger partial charge is 0.338 e. The third kappa shape index (κ3) is 5.45. The maximum absolute atomic E-state index is 12.3. The van der Waals surface area contributed by atoms with Gasteiger partial charge in [0.25, 0.3) is 6.64 Å². The minimum absolute atomic E-state index is 0.201. The Kier molecular flexibility index (Phi) is 6.71. The lowest BCUT2D eigenvalue weighted by Gasteiger charge is -2.31.